The van der Waals surface area contributed by atoms with E-state index in [9.17, 15) is 55.1 Å². The first-order valence-corrected chi connectivity index (χ1v) is 17.0. The third kappa shape index (κ3) is 6.02. The Morgan fingerprint density at radius 1 is 0.667 bits per heavy atom. The lowest BCUT2D eigenvalue weighted by Crippen LogP contribution is -2.45. The van der Waals surface area contributed by atoms with Gasteiger partial charge in [0, 0.05) is 13.8 Å². The van der Waals surface area contributed by atoms with Crippen LogP contribution in [0.5, 0.6) is 0 Å². The Balaban J connectivity index is 0.000000167. The Morgan fingerprint density at radius 3 is 1.37 bits per heavy atom. The van der Waals surface area contributed by atoms with E-state index in [-0.39, 0.29) is 24.6 Å². The van der Waals surface area contributed by atoms with Gasteiger partial charge in [-0.05, 0) is 62.1 Å². The predicted octanol–water partition coefficient (Wildman–Crippen LogP) is 4.61. The third-order valence-corrected chi connectivity index (χ3v) is 11.0. The zero-order chi connectivity index (χ0) is 39.1. The fourth-order valence-electron chi connectivity index (χ4n) is 8.80. The number of esters is 2. The lowest BCUT2D eigenvalue weighted by atomic mass is 9.73. The number of hydrogen-bond acceptors (Lipinski definition) is 10. The molecule has 0 spiro atoms. The van der Waals surface area contributed by atoms with E-state index in [0.29, 0.717) is 25.7 Å². The highest BCUT2D eigenvalue weighted by Gasteiger charge is 2.71. The molecule has 12 nitrogen and oxygen atoms in total. The van der Waals surface area contributed by atoms with Gasteiger partial charge in [-0.15, -0.1) is 0 Å². The number of carbonyl (C=O) groups excluding carboxylic acids is 6. The second kappa shape index (κ2) is 12.9. The Bertz CT molecular complexity index is 1810. The molecule has 0 radical (unpaired) electrons. The molecular formula is C36H32F6N2O10. The molecule has 0 N–H and O–H groups in total. The fourth-order valence-corrected chi connectivity index (χ4v) is 8.80. The van der Waals surface area contributed by atoms with Gasteiger partial charge in [-0.25, -0.2) is 9.80 Å². The van der Waals surface area contributed by atoms with Crippen molar-refractivity contribution in [2.45, 2.75) is 75.3 Å². The molecule has 2 aromatic carbocycles. The number of carbonyl (C=O) groups is 6. The molecule has 8 atom stereocenters. The number of amides is 4. The van der Waals surface area contributed by atoms with E-state index in [4.69, 9.17) is 18.9 Å². The molecule has 0 aliphatic carbocycles. The monoisotopic (exact) mass is 766 g/mol. The zero-order valence-electron chi connectivity index (χ0n) is 28.6. The van der Waals surface area contributed by atoms with Gasteiger partial charge in [-0.1, -0.05) is 12.1 Å². The van der Waals surface area contributed by atoms with E-state index in [1.165, 1.54) is 26.0 Å². The van der Waals surface area contributed by atoms with Crippen LogP contribution in [0.1, 0.15) is 50.7 Å². The molecule has 4 amide bonds. The van der Waals surface area contributed by atoms with Crippen LogP contribution < -0.4 is 9.80 Å². The number of anilines is 2. The predicted molar refractivity (Wildman–Crippen MR) is 169 cm³/mol. The summed E-state index contributed by atoms with van der Waals surface area (Å²) in [5.41, 5.74) is -4.29. The molecule has 4 unspecified atom stereocenters. The molecule has 54 heavy (non-hydrogen) atoms. The van der Waals surface area contributed by atoms with Crippen LogP contribution in [-0.4, -0.2) is 72.2 Å². The number of hydrogen-bond donors (Lipinski definition) is 0. The van der Waals surface area contributed by atoms with E-state index in [2.05, 4.69) is 0 Å². The number of benzene rings is 2. The van der Waals surface area contributed by atoms with Crippen LogP contribution in [0.4, 0.5) is 37.7 Å². The van der Waals surface area contributed by atoms with Crippen molar-refractivity contribution in [3.05, 3.63) is 59.7 Å². The van der Waals surface area contributed by atoms with Crippen LogP contribution in [0.15, 0.2) is 48.5 Å². The highest BCUT2D eigenvalue weighted by molar-refractivity contribution is 6.24. The lowest BCUT2D eigenvalue weighted by molar-refractivity contribution is -0.153. The number of fused-ring (bicyclic) bond motifs is 10. The second-order valence-corrected chi connectivity index (χ2v) is 14.2. The summed E-state index contributed by atoms with van der Waals surface area (Å²) in [5.74, 6) is -6.70. The van der Waals surface area contributed by atoms with Crippen molar-refractivity contribution in [2.24, 2.45) is 23.7 Å². The van der Waals surface area contributed by atoms with E-state index >= 15 is 0 Å². The summed E-state index contributed by atoms with van der Waals surface area (Å²) in [6, 6.07) is 8.26. The fraction of sp³-hybridized carbons (Fsp3) is 0.500. The topological polar surface area (TPSA) is 146 Å². The first-order valence-electron chi connectivity index (χ1n) is 17.0. The summed E-state index contributed by atoms with van der Waals surface area (Å²) in [7, 11) is 0. The molecule has 8 rings (SSSR count). The molecule has 4 bridgehead atoms. The number of nitrogens with zero attached hydrogens (tertiary/aromatic N) is 2. The van der Waals surface area contributed by atoms with Crippen LogP contribution in [-0.2, 0) is 60.1 Å². The van der Waals surface area contributed by atoms with Gasteiger partial charge in [0.25, 0.3) is 0 Å². The van der Waals surface area contributed by atoms with Gasteiger partial charge in [-0.2, -0.15) is 26.3 Å². The summed E-state index contributed by atoms with van der Waals surface area (Å²) in [6.45, 7) is 2.14. The van der Waals surface area contributed by atoms with Crippen molar-refractivity contribution in [1.29, 1.82) is 0 Å². The van der Waals surface area contributed by atoms with Crippen LogP contribution in [0.25, 0.3) is 0 Å². The highest BCUT2D eigenvalue weighted by Crippen LogP contribution is 2.57. The first kappa shape index (κ1) is 37.5. The number of alkyl halides is 6. The Kier molecular flexibility index (Phi) is 8.94. The van der Waals surface area contributed by atoms with Crippen LogP contribution in [0.2, 0.25) is 0 Å². The minimum Gasteiger partial charge on any atom is -0.463 e. The van der Waals surface area contributed by atoms with Crippen molar-refractivity contribution < 1.29 is 74.1 Å². The average molecular weight is 767 g/mol. The summed E-state index contributed by atoms with van der Waals surface area (Å²) in [6.07, 6.45) is -8.23. The van der Waals surface area contributed by atoms with Crippen molar-refractivity contribution in [3.63, 3.8) is 0 Å². The minimum absolute atomic E-state index is 0.115. The molecule has 2 aromatic rings. The maximum Gasteiger partial charge on any atom is 0.416 e. The Labute approximate surface area is 302 Å². The lowest BCUT2D eigenvalue weighted by Gasteiger charge is -2.30. The van der Waals surface area contributed by atoms with Gasteiger partial charge >= 0.3 is 24.3 Å². The summed E-state index contributed by atoms with van der Waals surface area (Å²) in [5, 5.41) is 0. The number of imide groups is 2. The van der Waals surface area contributed by atoms with Gasteiger partial charge in [0.05, 0.1) is 58.4 Å². The van der Waals surface area contributed by atoms with Gasteiger partial charge in [-0.3, -0.25) is 28.8 Å². The molecule has 6 aliphatic rings. The molecule has 6 heterocycles. The van der Waals surface area contributed by atoms with Crippen molar-refractivity contribution in [2.75, 3.05) is 23.0 Å². The van der Waals surface area contributed by atoms with Crippen LogP contribution in [0, 0.1) is 23.7 Å². The van der Waals surface area contributed by atoms with Gasteiger partial charge in [0.1, 0.15) is 24.4 Å². The highest BCUT2D eigenvalue weighted by atomic mass is 19.4. The molecule has 6 saturated heterocycles. The number of ether oxygens (including phenoxy) is 4. The van der Waals surface area contributed by atoms with Crippen molar-refractivity contribution >= 4 is 46.9 Å². The van der Waals surface area contributed by atoms with Crippen molar-refractivity contribution in [3.8, 4) is 0 Å². The van der Waals surface area contributed by atoms with Crippen LogP contribution >= 0.6 is 0 Å². The Morgan fingerprint density at radius 2 is 1.04 bits per heavy atom. The van der Waals surface area contributed by atoms with E-state index in [0.717, 1.165) is 46.2 Å². The normalized spacial score (nSPS) is 32.1. The van der Waals surface area contributed by atoms with E-state index in [1.807, 2.05) is 0 Å². The third-order valence-electron chi connectivity index (χ3n) is 11.0. The maximum absolute atomic E-state index is 13.0. The smallest absolute Gasteiger partial charge is 0.416 e. The molecule has 0 saturated carbocycles. The van der Waals surface area contributed by atoms with E-state index < -0.39 is 106 Å². The maximum atomic E-state index is 13.0. The minimum atomic E-state index is -4.59. The average Bonchev–Trinajstić information content (AvgIpc) is 3.94. The molecule has 288 valence electrons. The quantitative estimate of drug-likeness (QED) is 0.232. The second-order valence-electron chi connectivity index (χ2n) is 14.2. The number of rotatable bonds is 6. The summed E-state index contributed by atoms with van der Waals surface area (Å²) in [4.78, 5) is 75.7. The largest absolute Gasteiger partial charge is 0.463 e. The first-order chi connectivity index (χ1) is 25.3. The van der Waals surface area contributed by atoms with Gasteiger partial charge in [0.15, 0.2) is 0 Å². The molecule has 18 heteroatoms. The standard InChI is InChI=1S/2C18H16F3NO5/c2*1-9(23)26-8-17-6-5-12(27-17)13-14(17)16(25)22(15(13)24)11-4-2-3-10(7-11)18(19,20)21/h2*2-4,7,12-14H,5-6,8H2,1H3/t2*12?,13-,14+,17?/m10/s1. The van der Waals surface area contributed by atoms with Crippen LogP contribution in [0.3, 0.4) is 0 Å². The summed E-state index contributed by atoms with van der Waals surface area (Å²) < 4.78 is 99.8. The van der Waals surface area contributed by atoms with Gasteiger partial charge in [0.2, 0.25) is 23.6 Å². The molecule has 0 aromatic heterocycles. The SMILES string of the molecule is CC(=O)OCC12CCC(O1)[C@@H]1C(=O)N(c3cccc(C(F)(F)F)c3)C(=O)[C@@H]12.CC(=O)OCC12CCC(O1)[C@H]1C(=O)N(c3cccc(C(F)(F)F)c3)C(=O)[C@H]12. The number of halogens is 6. The van der Waals surface area contributed by atoms with Gasteiger partial charge < -0.3 is 18.9 Å². The van der Waals surface area contributed by atoms with E-state index in [1.54, 1.807) is 0 Å². The Hall–Kier alpha value is -4.84. The molecular weight excluding hydrogens is 734 g/mol. The van der Waals surface area contributed by atoms with Crippen molar-refractivity contribution in [1.82, 2.24) is 0 Å². The molecule has 6 aliphatic heterocycles. The molecule has 6 fully saturated rings. The summed E-state index contributed by atoms with van der Waals surface area (Å²) >= 11 is 0. The zero-order valence-corrected chi connectivity index (χ0v) is 28.6.